The van der Waals surface area contributed by atoms with Crippen molar-refractivity contribution >= 4 is 46.7 Å². The van der Waals surface area contributed by atoms with Crippen LogP contribution in [0.1, 0.15) is 56.6 Å². The van der Waals surface area contributed by atoms with Gasteiger partial charge in [0, 0.05) is 23.2 Å². The summed E-state index contributed by atoms with van der Waals surface area (Å²) in [6, 6.07) is 17.6. The van der Waals surface area contributed by atoms with Gasteiger partial charge >= 0.3 is 5.97 Å². The summed E-state index contributed by atoms with van der Waals surface area (Å²) in [7, 11) is 0. The summed E-state index contributed by atoms with van der Waals surface area (Å²) in [5, 5.41) is 3.11. The molecule has 1 N–H and O–H groups in total. The monoisotopic (exact) mass is 462 g/mol. The van der Waals surface area contributed by atoms with E-state index in [4.69, 9.17) is 16.3 Å². The first kappa shape index (κ1) is 22.2. The third kappa shape index (κ3) is 4.36. The Kier molecular flexibility index (Phi) is 5.98. The van der Waals surface area contributed by atoms with E-state index in [0.717, 1.165) is 4.90 Å². The lowest BCUT2D eigenvalue weighted by molar-refractivity contribution is -0.114. The maximum Gasteiger partial charge on any atom is 0.338 e. The molecule has 0 spiro atoms. The van der Waals surface area contributed by atoms with E-state index in [2.05, 4.69) is 5.32 Å². The molecule has 1 unspecified atom stereocenters. The minimum Gasteiger partial charge on any atom is -0.454 e. The predicted molar refractivity (Wildman–Crippen MR) is 124 cm³/mol. The molecule has 3 amide bonds. The zero-order chi connectivity index (χ0) is 23.7. The zero-order valence-corrected chi connectivity index (χ0v) is 18.6. The van der Waals surface area contributed by atoms with E-state index in [9.17, 15) is 19.2 Å². The average Bonchev–Trinajstić information content (AvgIpc) is 3.04. The van der Waals surface area contributed by atoms with Crippen LogP contribution < -0.4 is 10.2 Å². The summed E-state index contributed by atoms with van der Waals surface area (Å²) in [4.78, 5) is 50.8. The van der Waals surface area contributed by atoms with E-state index < -0.39 is 23.9 Å². The van der Waals surface area contributed by atoms with E-state index in [1.165, 1.54) is 25.1 Å². The van der Waals surface area contributed by atoms with Crippen LogP contribution in [0.15, 0.2) is 66.7 Å². The van der Waals surface area contributed by atoms with Crippen molar-refractivity contribution in [3.63, 3.8) is 0 Å². The molecule has 7 nitrogen and oxygen atoms in total. The number of imide groups is 1. The number of halogens is 1. The molecule has 3 aromatic carbocycles. The van der Waals surface area contributed by atoms with Crippen molar-refractivity contribution in [3.05, 3.63) is 94.0 Å². The van der Waals surface area contributed by atoms with E-state index >= 15 is 0 Å². The number of ether oxygens (including phenoxy) is 1. The fourth-order valence-corrected chi connectivity index (χ4v) is 3.89. The van der Waals surface area contributed by atoms with Crippen molar-refractivity contribution in [1.29, 1.82) is 0 Å². The van der Waals surface area contributed by atoms with E-state index in [1.807, 2.05) is 0 Å². The lowest BCUT2D eigenvalue weighted by atomic mass is 10.1. The first-order chi connectivity index (χ1) is 15.8. The van der Waals surface area contributed by atoms with Crippen molar-refractivity contribution in [1.82, 2.24) is 0 Å². The van der Waals surface area contributed by atoms with Crippen LogP contribution in [0.4, 0.5) is 11.4 Å². The van der Waals surface area contributed by atoms with Crippen LogP contribution in [0.2, 0.25) is 5.02 Å². The number of carbonyl (C=O) groups is 4. The van der Waals surface area contributed by atoms with Crippen LogP contribution in [0, 0.1) is 0 Å². The molecular weight excluding hydrogens is 444 g/mol. The summed E-state index contributed by atoms with van der Waals surface area (Å²) >= 11 is 6.17. The van der Waals surface area contributed by atoms with Gasteiger partial charge in [-0.2, -0.15) is 0 Å². The molecule has 3 aromatic rings. The number of hydrogen-bond donors (Lipinski definition) is 1. The average molecular weight is 463 g/mol. The fourth-order valence-electron chi connectivity index (χ4n) is 3.60. The summed E-state index contributed by atoms with van der Waals surface area (Å²) in [6.07, 6.45) is -0.601. The standard InChI is InChI=1S/C25H19ClN2O5/c1-14(19-5-3-4-6-22(19)26)33-25(32)16-7-12-20-21(13-16)24(31)28(23(20)30)18-10-8-17(9-11-18)27-15(2)29/h3-14H,1-2H3,(H,27,29). The van der Waals surface area contributed by atoms with E-state index in [1.54, 1.807) is 55.5 Å². The third-order valence-corrected chi connectivity index (χ3v) is 5.54. The van der Waals surface area contributed by atoms with Crippen LogP contribution >= 0.6 is 11.6 Å². The quantitative estimate of drug-likeness (QED) is 0.424. The van der Waals surface area contributed by atoms with E-state index in [0.29, 0.717) is 22.0 Å². The number of carbonyl (C=O) groups excluding carboxylic acids is 4. The summed E-state index contributed by atoms with van der Waals surface area (Å²) < 4.78 is 5.51. The Labute approximate surface area is 194 Å². The molecule has 4 rings (SSSR count). The maximum atomic E-state index is 13.0. The summed E-state index contributed by atoms with van der Waals surface area (Å²) in [5.41, 5.74) is 2.02. The molecule has 166 valence electrons. The minimum absolute atomic E-state index is 0.116. The highest BCUT2D eigenvalue weighted by Crippen LogP contribution is 2.31. The van der Waals surface area contributed by atoms with Crippen molar-refractivity contribution in [2.24, 2.45) is 0 Å². The number of amides is 3. The molecule has 1 aliphatic rings. The molecule has 0 saturated carbocycles. The zero-order valence-electron chi connectivity index (χ0n) is 17.8. The molecule has 1 aliphatic heterocycles. The Hall–Kier alpha value is -3.97. The van der Waals surface area contributed by atoms with Gasteiger partial charge in [0.1, 0.15) is 6.10 Å². The van der Waals surface area contributed by atoms with Crippen LogP contribution in [0.5, 0.6) is 0 Å². The predicted octanol–water partition coefficient (Wildman–Crippen LogP) is 5.02. The Morgan fingerprint density at radius 2 is 1.61 bits per heavy atom. The van der Waals surface area contributed by atoms with Gasteiger partial charge in [0.2, 0.25) is 5.91 Å². The van der Waals surface area contributed by atoms with Gasteiger partial charge in [-0.15, -0.1) is 0 Å². The molecule has 0 aliphatic carbocycles. The lowest BCUT2D eigenvalue weighted by Gasteiger charge is -2.15. The Morgan fingerprint density at radius 3 is 2.27 bits per heavy atom. The van der Waals surface area contributed by atoms with Crippen LogP contribution in [0.25, 0.3) is 0 Å². The second-order valence-corrected chi connectivity index (χ2v) is 7.91. The maximum absolute atomic E-state index is 13.0. The number of rotatable bonds is 5. The van der Waals surface area contributed by atoms with Gasteiger partial charge in [-0.3, -0.25) is 14.4 Å². The number of fused-ring (bicyclic) bond motifs is 1. The molecule has 0 fully saturated rings. The van der Waals surface area contributed by atoms with Gasteiger partial charge < -0.3 is 10.1 Å². The molecule has 33 heavy (non-hydrogen) atoms. The summed E-state index contributed by atoms with van der Waals surface area (Å²) in [5.74, 6) is -1.90. The van der Waals surface area contributed by atoms with Crippen molar-refractivity contribution < 1.29 is 23.9 Å². The number of esters is 1. The van der Waals surface area contributed by atoms with E-state index in [-0.39, 0.29) is 22.6 Å². The van der Waals surface area contributed by atoms with Crippen molar-refractivity contribution in [2.45, 2.75) is 20.0 Å². The highest BCUT2D eigenvalue weighted by atomic mass is 35.5. The van der Waals surface area contributed by atoms with Gasteiger partial charge in [-0.25, -0.2) is 9.69 Å². The normalized spacial score (nSPS) is 13.5. The van der Waals surface area contributed by atoms with Crippen LogP contribution in [0.3, 0.4) is 0 Å². The number of benzene rings is 3. The Balaban J connectivity index is 1.55. The first-order valence-corrected chi connectivity index (χ1v) is 10.5. The van der Waals surface area contributed by atoms with Gasteiger partial charge in [-0.05, 0) is 55.5 Å². The highest BCUT2D eigenvalue weighted by Gasteiger charge is 2.37. The number of anilines is 2. The minimum atomic E-state index is -0.636. The second kappa shape index (κ2) is 8.88. The van der Waals surface area contributed by atoms with Gasteiger partial charge in [-0.1, -0.05) is 29.8 Å². The Bertz CT molecular complexity index is 1290. The fraction of sp³-hybridized carbons (Fsp3) is 0.120. The number of nitrogens with zero attached hydrogens (tertiary/aromatic N) is 1. The van der Waals surface area contributed by atoms with Crippen molar-refractivity contribution in [2.75, 3.05) is 10.2 Å². The topological polar surface area (TPSA) is 92.8 Å². The molecule has 8 heteroatoms. The second-order valence-electron chi connectivity index (χ2n) is 7.50. The molecule has 1 atom stereocenters. The highest BCUT2D eigenvalue weighted by molar-refractivity contribution is 6.34. The lowest BCUT2D eigenvalue weighted by Crippen LogP contribution is -2.29. The summed E-state index contributed by atoms with van der Waals surface area (Å²) in [6.45, 7) is 3.09. The van der Waals surface area contributed by atoms with Gasteiger partial charge in [0.25, 0.3) is 11.8 Å². The number of nitrogens with one attached hydrogen (secondary N) is 1. The molecular formula is C25H19ClN2O5. The van der Waals surface area contributed by atoms with Crippen molar-refractivity contribution in [3.8, 4) is 0 Å². The molecule has 0 radical (unpaired) electrons. The number of hydrogen-bond acceptors (Lipinski definition) is 5. The van der Waals surface area contributed by atoms with Crippen LogP contribution in [-0.2, 0) is 9.53 Å². The molecule has 1 heterocycles. The smallest absolute Gasteiger partial charge is 0.338 e. The van der Waals surface area contributed by atoms with Gasteiger partial charge in [0.05, 0.1) is 22.4 Å². The van der Waals surface area contributed by atoms with Gasteiger partial charge in [0.15, 0.2) is 0 Å². The molecule has 0 aromatic heterocycles. The van der Waals surface area contributed by atoms with Crippen LogP contribution in [-0.4, -0.2) is 23.7 Å². The first-order valence-electron chi connectivity index (χ1n) is 10.1. The third-order valence-electron chi connectivity index (χ3n) is 5.20. The molecule has 0 bridgehead atoms. The largest absolute Gasteiger partial charge is 0.454 e. The SMILES string of the molecule is CC(=O)Nc1ccc(N2C(=O)c3ccc(C(=O)OC(C)c4ccccc4Cl)cc3C2=O)cc1. The molecule has 0 saturated heterocycles. The Morgan fingerprint density at radius 1 is 0.939 bits per heavy atom.